The van der Waals surface area contributed by atoms with Crippen molar-refractivity contribution in [1.29, 1.82) is 5.26 Å². The van der Waals surface area contributed by atoms with Crippen molar-refractivity contribution in [1.82, 2.24) is 0 Å². The van der Waals surface area contributed by atoms with Crippen LogP contribution in [0.3, 0.4) is 0 Å². The largest absolute Gasteiger partial charge is 0.396 e. The van der Waals surface area contributed by atoms with Crippen molar-refractivity contribution in [3.8, 4) is 6.07 Å². The Morgan fingerprint density at radius 1 is 0.909 bits per heavy atom. The maximum Gasteiger partial charge on any atom is 0.0621 e. The highest BCUT2D eigenvalue weighted by Gasteiger charge is 1.89. The van der Waals surface area contributed by atoms with E-state index in [9.17, 15) is 0 Å². The van der Waals surface area contributed by atoms with Gasteiger partial charge >= 0.3 is 0 Å². The number of aliphatic hydroxyl groups excluding tert-OH is 1. The molecule has 0 bridgehead atoms. The standard InChI is InChI=1S/C9H17NO/c10-8-6-4-2-1-3-5-7-9-11/h11H,1-7,9H2. The zero-order valence-corrected chi connectivity index (χ0v) is 7.05. The van der Waals surface area contributed by atoms with Gasteiger partial charge in [-0.15, -0.1) is 0 Å². The smallest absolute Gasteiger partial charge is 0.0621 e. The molecule has 0 aliphatic rings. The van der Waals surface area contributed by atoms with Gasteiger partial charge in [-0.2, -0.15) is 5.26 Å². The first kappa shape index (κ1) is 10.4. The van der Waals surface area contributed by atoms with Gasteiger partial charge in [-0.25, -0.2) is 0 Å². The van der Waals surface area contributed by atoms with Crippen LogP contribution in [0.1, 0.15) is 44.9 Å². The predicted octanol–water partition coefficient (Wildman–Crippen LogP) is 2.23. The monoisotopic (exact) mass is 155 g/mol. The summed E-state index contributed by atoms with van der Waals surface area (Å²) >= 11 is 0. The molecule has 0 atom stereocenters. The fraction of sp³-hybridized carbons (Fsp3) is 0.889. The summed E-state index contributed by atoms with van der Waals surface area (Å²) in [4.78, 5) is 0. The van der Waals surface area contributed by atoms with E-state index in [0.717, 1.165) is 19.3 Å². The molecule has 0 radical (unpaired) electrons. The summed E-state index contributed by atoms with van der Waals surface area (Å²) < 4.78 is 0. The molecule has 0 unspecified atom stereocenters. The van der Waals surface area contributed by atoms with E-state index in [4.69, 9.17) is 10.4 Å². The summed E-state index contributed by atoms with van der Waals surface area (Å²) in [7, 11) is 0. The molecule has 0 saturated heterocycles. The molecule has 0 aromatic heterocycles. The average molecular weight is 155 g/mol. The second-order valence-corrected chi connectivity index (χ2v) is 2.75. The van der Waals surface area contributed by atoms with Gasteiger partial charge in [-0.3, -0.25) is 0 Å². The molecule has 0 aliphatic carbocycles. The van der Waals surface area contributed by atoms with Crippen LogP contribution < -0.4 is 0 Å². The highest BCUT2D eigenvalue weighted by atomic mass is 16.2. The lowest BCUT2D eigenvalue weighted by Crippen LogP contribution is -1.83. The normalized spacial score (nSPS) is 9.45. The zero-order valence-electron chi connectivity index (χ0n) is 7.05. The van der Waals surface area contributed by atoms with Crippen LogP contribution in [0.4, 0.5) is 0 Å². The highest BCUT2D eigenvalue weighted by Crippen LogP contribution is 2.05. The Kier molecular flexibility index (Phi) is 8.98. The van der Waals surface area contributed by atoms with E-state index in [1.165, 1.54) is 19.3 Å². The van der Waals surface area contributed by atoms with Gasteiger partial charge in [0.1, 0.15) is 0 Å². The summed E-state index contributed by atoms with van der Waals surface area (Å²) in [6.45, 7) is 0.318. The SMILES string of the molecule is N#CCCCCCCCCO. The lowest BCUT2D eigenvalue weighted by molar-refractivity contribution is 0.282. The summed E-state index contributed by atoms with van der Waals surface area (Å²) in [6.07, 6.45) is 7.36. The van der Waals surface area contributed by atoms with Crippen molar-refractivity contribution < 1.29 is 5.11 Å². The number of unbranched alkanes of at least 4 members (excludes halogenated alkanes) is 6. The van der Waals surface area contributed by atoms with Crippen LogP contribution in [-0.2, 0) is 0 Å². The van der Waals surface area contributed by atoms with Crippen molar-refractivity contribution in [3.05, 3.63) is 0 Å². The van der Waals surface area contributed by atoms with E-state index in [1.807, 2.05) is 0 Å². The summed E-state index contributed by atoms with van der Waals surface area (Å²) in [5, 5.41) is 16.7. The third-order valence-electron chi connectivity index (χ3n) is 1.70. The molecule has 0 saturated carbocycles. The molecule has 0 fully saturated rings. The van der Waals surface area contributed by atoms with E-state index in [0.29, 0.717) is 13.0 Å². The number of hydrogen-bond donors (Lipinski definition) is 1. The van der Waals surface area contributed by atoms with Crippen LogP contribution >= 0.6 is 0 Å². The van der Waals surface area contributed by atoms with Crippen molar-refractivity contribution >= 4 is 0 Å². The minimum atomic E-state index is 0.318. The zero-order chi connectivity index (χ0) is 8.36. The van der Waals surface area contributed by atoms with Gasteiger partial charge in [0.15, 0.2) is 0 Å². The van der Waals surface area contributed by atoms with Crippen LogP contribution in [0.2, 0.25) is 0 Å². The van der Waals surface area contributed by atoms with Crippen molar-refractivity contribution in [2.24, 2.45) is 0 Å². The molecule has 0 rings (SSSR count). The Hall–Kier alpha value is -0.550. The topological polar surface area (TPSA) is 44.0 Å². The maximum atomic E-state index is 8.46. The fourth-order valence-corrected chi connectivity index (χ4v) is 1.02. The van der Waals surface area contributed by atoms with Gasteiger partial charge in [0.2, 0.25) is 0 Å². The van der Waals surface area contributed by atoms with E-state index in [1.54, 1.807) is 0 Å². The van der Waals surface area contributed by atoms with E-state index in [2.05, 4.69) is 6.07 Å². The third kappa shape index (κ3) is 9.45. The Labute approximate surface area is 68.8 Å². The van der Waals surface area contributed by atoms with E-state index >= 15 is 0 Å². The first-order chi connectivity index (χ1) is 5.41. The minimum Gasteiger partial charge on any atom is -0.396 e. The van der Waals surface area contributed by atoms with Crippen LogP contribution in [0.5, 0.6) is 0 Å². The third-order valence-corrected chi connectivity index (χ3v) is 1.70. The molecule has 2 nitrogen and oxygen atoms in total. The minimum absolute atomic E-state index is 0.318. The van der Waals surface area contributed by atoms with Crippen LogP contribution in [0.25, 0.3) is 0 Å². The van der Waals surface area contributed by atoms with Crippen LogP contribution in [0.15, 0.2) is 0 Å². The molecule has 11 heavy (non-hydrogen) atoms. The van der Waals surface area contributed by atoms with Crippen molar-refractivity contribution in [2.45, 2.75) is 44.9 Å². The first-order valence-corrected chi connectivity index (χ1v) is 4.39. The molecular weight excluding hydrogens is 138 g/mol. The Morgan fingerprint density at radius 2 is 1.45 bits per heavy atom. The van der Waals surface area contributed by atoms with E-state index < -0.39 is 0 Å². The summed E-state index contributed by atoms with van der Waals surface area (Å²) in [5.74, 6) is 0. The van der Waals surface area contributed by atoms with Crippen LogP contribution in [0, 0.1) is 11.3 Å². The molecule has 0 heterocycles. The second-order valence-electron chi connectivity index (χ2n) is 2.75. The molecule has 0 spiro atoms. The van der Waals surface area contributed by atoms with Crippen molar-refractivity contribution in [3.63, 3.8) is 0 Å². The van der Waals surface area contributed by atoms with Gasteiger partial charge in [0.25, 0.3) is 0 Å². The Morgan fingerprint density at radius 3 is 2.00 bits per heavy atom. The molecule has 0 aliphatic heterocycles. The van der Waals surface area contributed by atoms with Gasteiger partial charge < -0.3 is 5.11 Å². The van der Waals surface area contributed by atoms with Crippen molar-refractivity contribution in [2.75, 3.05) is 6.61 Å². The summed E-state index contributed by atoms with van der Waals surface area (Å²) in [6, 6.07) is 2.13. The summed E-state index contributed by atoms with van der Waals surface area (Å²) in [5.41, 5.74) is 0. The number of nitriles is 1. The first-order valence-electron chi connectivity index (χ1n) is 4.39. The molecular formula is C9H17NO. The molecule has 64 valence electrons. The average Bonchev–Trinajstić information content (AvgIpc) is 2.03. The predicted molar refractivity (Wildman–Crippen MR) is 45.0 cm³/mol. The molecule has 0 aromatic rings. The van der Waals surface area contributed by atoms with Gasteiger partial charge in [0, 0.05) is 13.0 Å². The number of hydrogen-bond acceptors (Lipinski definition) is 2. The number of rotatable bonds is 7. The Balaban J connectivity index is 2.75. The quantitative estimate of drug-likeness (QED) is 0.573. The molecule has 2 heteroatoms. The maximum absolute atomic E-state index is 8.46. The second kappa shape index (κ2) is 9.45. The van der Waals surface area contributed by atoms with Gasteiger partial charge in [-0.05, 0) is 12.8 Å². The fourth-order valence-electron chi connectivity index (χ4n) is 1.02. The number of aliphatic hydroxyl groups is 1. The van der Waals surface area contributed by atoms with E-state index in [-0.39, 0.29) is 0 Å². The van der Waals surface area contributed by atoms with Crippen LogP contribution in [-0.4, -0.2) is 11.7 Å². The molecule has 0 aromatic carbocycles. The van der Waals surface area contributed by atoms with Gasteiger partial charge in [-0.1, -0.05) is 25.7 Å². The Bertz CT molecular complexity index is 107. The highest BCUT2D eigenvalue weighted by molar-refractivity contribution is 4.67. The van der Waals surface area contributed by atoms with Gasteiger partial charge in [0.05, 0.1) is 6.07 Å². The lowest BCUT2D eigenvalue weighted by atomic mass is 10.1. The lowest BCUT2D eigenvalue weighted by Gasteiger charge is -1.96. The molecule has 0 amide bonds. The number of nitrogens with zero attached hydrogens (tertiary/aromatic N) is 1. The molecule has 1 N–H and O–H groups in total.